The van der Waals surface area contributed by atoms with E-state index in [9.17, 15) is 0 Å². The Balaban J connectivity index is 1.28. The Labute approximate surface area is 396 Å². The average molecular weight is 877 g/mol. The molecule has 6 aromatic rings. The second kappa shape index (κ2) is 13.5. The van der Waals surface area contributed by atoms with Gasteiger partial charge in [0.05, 0.1) is 5.00 Å². The fraction of sp³-hybridized carbons (Fsp3) is 0.475. The summed E-state index contributed by atoms with van der Waals surface area (Å²) in [6, 6.07) is 33.0. The summed E-state index contributed by atoms with van der Waals surface area (Å²) in [6.45, 7) is 39.2. The molecule has 3 aliphatic carbocycles. The number of hydrogen-bond donors (Lipinski definition) is 0. The quantitative estimate of drug-likeness (QED) is 0.160. The van der Waals surface area contributed by atoms with Gasteiger partial charge in [-0.1, -0.05) is 128 Å². The van der Waals surface area contributed by atoms with Crippen molar-refractivity contribution >= 4 is 78.0 Å². The molecule has 5 aliphatic rings. The first-order chi connectivity index (χ1) is 30.2. The van der Waals surface area contributed by atoms with Crippen molar-refractivity contribution < 1.29 is 0 Å². The van der Waals surface area contributed by atoms with Gasteiger partial charge in [-0.25, -0.2) is 0 Å². The summed E-state index contributed by atoms with van der Waals surface area (Å²) >= 11 is 2.03. The fourth-order valence-corrected chi connectivity index (χ4v) is 14.4. The predicted octanol–water partition coefficient (Wildman–Crippen LogP) is 15.6. The van der Waals surface area contributed by atoms with E-state index in [0.717, 1.165) is 0 Å². The third-order valence-electron chi connectivity index (χ3n) is 17.9. The van der Waals surface area contributed by atoms with Gasteiger partial charge in [-0.3, -0.25) is 0 Å². The maximum absolute atomic E-state index is 2.73. The van der Waals surface area contributed by atoms with E-state index >= 15 is 0 Å². The molecule has 2 aliphatic heterocycles. The van der Waals surface area contributed by atoms with Crippen LogP contribution < -0.4 is 26.2 Å². The van der Waals surface area contributed by atoms with Gasteiger partial charge in [0.25, 0.3) is 6.71 Å². The number of nitrogens with zero attached hydrogens (tertiary/aromatic N) is 2. The third kappa shape index (κ3) is 6.30. The Hall–Kier alpha value is -4.28. The normalized spacial score (nSPS) is 21.2. The highest BCUT2D eigenvalue weighted by molar-refractivity contribution is 7.26. The Morgan fingerprint density at radius 2 is 0.923 bits per heavy atom. The van der Waals surface area contributed by atoms with Crippen molar-refractivity contribution in [2.24, 2.45) is 0 Å². The van der Waals surface area contributed by atoms with Crippen LogP contribution in [0, 0.1) is 6.92 Å². The molecule has 336 valence electrons. The van der Waals surface area contributed by atoms with Crippen molar-refractivity contribution in [3.63, 3.8) is 0 Å². The van der Waals surface area contributed by atoms with Crippen molar-refractivity contribution in [1.29, 1.82) is 0 Å². The van der Waals surface area contributed by atoms with Gasteiger partial charge < -0.3 is 9.80 Å². The summed E-state index contributed by atoms with van der Waals surface area (Å²) in [5.74, 6) is 0. The van der Waals surface area contributed by atoms with Crippen molar-refractivity contribution in [3.05, 3.63) is 123 Å². The van der Waals surface area contributed by atoms with Crippen molar-refractivity contribution in [2.75, 3.05) is 9.80 Å². The lowest BCUT2D eigenvalue weighted by molar-refractivity contribution is 0.332. The topological polar surface area (TPSA) is 6.48 Å². The Morgan fingerprint density at radius 3 is 1.48 bits per heavy atom. The Bertz CT molecular complexity index is 3000. The number of benzene rings is 5. The third-order valence-corrected chi connectivity index (χ3v) is 19.0. The molecule has 0 N–H and O–H groups in total. The maximum Gasteiger partial charge on any atom is 0.254 e. The summed E-state index contributed by atoms with van der Waals surface area (Å²) in [5, 5.41) is 2.83. The zero-order chi connectivity index (χ0) is 46.3. The standard InChI is InChI=1S/C61H73BN2S/c1-36-29-49-53-50(30-36)64(38-19-17-37(18-20-38)55(2,3)4)54-52(40-32-43-46(35-51(40)65-54)61(15,16)28-25-58(43,9)10)62(53)47-33-44-45(60(13,14)27-26-59(44,11)12)34-48(47)63(49)39-21-22-41-42(31-39)57(7,8)24-23-56(41,5)6/h17-22,29-35H,23-28H2,1-16H3. The zero-order valence-corrected chi connectivity index (χ0v) is 43.4. The summed E-state index contributed by atoms with van der Waals surface area (Å²) in [6.07, 6.45) is 7.21. The van der Waals surface area contributed by atoms with Gasteiger partial charge in [0.15, 0.2) is 0 Å². The molecule has 5 aromatic carbocycles. The van der Waals surface area contributed by atoms with Gasteiger partial charge in [-0.05, 0) is 204 Å². The van der Waals surface area contributed by atoms with E-state index in [0.29, 0.717) is 0 Å². The molecule has 11 rings (SSSR count). The molecule has 3 heterocycles. The lowest BCUT2D eigenvalue weighted by atomic mass is 9.33. The number of thiophene rings is 1. The van der Waals surface area contributed by atoms with Gasteiger partial charge >= 0.3 is 0 Å². The van der Waals surface area contributed by atoms with Crippen molar-refractivity contribution in [1.82, 2.24) is 0 Å². The maximum atomic E-state index is 2.73. The average Bonchev–Trinajstić information content (AvgIpc) is 3.60. The molecule has 0 saturated heterocycles. The van der Waals surface area contributed by atoms with Crippen LogP contribution in [0.2, 0.25) is 0 Å². The molecule has 2 nitrogen and oxygen atoms in total. The molecule has 4 heteroatoms. The molecule has 0 spiro atoms. The molecule has 0 radical (unpaired) electrons. The molecule has 0 bridgehead atoms. The lowest BCUT2D eigenvalue weighted by Gasteiger charge is -2.47. The number of anilines is 6. The van der Waals surface area contributed by atoms with E-state index in [1.54, 1.807) is 16.7 Å². The second-order valence-electron chi connectivity index (χ2n) is 26.3. The van der Waals surface area contributed by atoms with Crippen LogP contribution in [0.25, 0.3) is 10.1 Å². The molecule has 0 atom stereocenters. The van der Waals surface area contributed by atoms with E-state index in [4.69, 9.17) is 0 Å². The smallest absolute Gasteiger partial charge is 0.254 e. The molecule has 1 aromatic heterocycles. The highest BCUT2D eigenvalue weighted by Gasteiger charge is 2.49. The summed E-state index contributed by atoms with van der Waals surface area (Å²) in [4.78, 5) is 5.40. The predicted molar refractivity (Wildman–Crippen MR) is 285 cm³/mol. The molecule has 0 saturated carbocycles. The molecular formula is C61H73BN2S. The van der Waals surface area contributed by atoms with Crippen LogP contribution in [0.3, 0.4) is 0 Å². The van der Waals surface area contributed by atoms with E-state index in [2.05, 4.69) is 199 Å². The molecular weight excluding hydrogens is 804 g/mol. The minimum atomic E-state index is 0.0693. The van der Waals surface area contributed by atoms with Gasteiger partial charge in [0, 0.05) is 33.1 Å². The van der Waals surface area contributed by atoms with Crippen LogP contribution in [-0.2, 0) is 37.9 Å². The minimum Gasteiger partial charge on any atom is -0.311 e. The van der Waals surface area contributed by atoms with Gasteiger partial charge in [0.2, 0.25) is 0 Å². The zero-order valence-electron chi connectivity index (χ0n) is 42.6. The van der Waals surface area contributed by atoms with E-state index in [1.165, 1.54) is 126 Å². The van der Waals surface area contributed by atoms with Crippen LogP contribution in [0.1, 0.15) is 187 Å². The minimum absolute atomic E-state index is 0.0693. The van der Waals surface area contributed by atoms with E-state index in [-0.39, 0.29) is 44.6 Å². The lowest BCUT2D eigenvalue weighted by Crippen LogP contribution is -2.61. The molecule has 0 fully saturated rings. The van der Waals surface area contributed by atoms with Crippen LogP contribution in [-0.4, -0.2) is 6.71 Å². The van der Waals surface area contributed by atoms with Crippen LogP contribution >= 0.6 is 11.3 Å². The number of hydrogen-bond acceptors (Lipinski definition) is 3. The Kier molecular flexibility index (Phi) is 8.96. The highest BCUT2D eigenvalue weighted by Crippen LogP contribution is 2.55. The Morgan fingerprint density at radius 1 is 0.462 bits per heavy atom. The summed E-state index contributed by atoms with van der Waals surface area (Å²) in [5.41, 5.74) is 23.5. The van der Waals surface area contributed by atoms with Gasteiger partial charge in [-0.15, -0.1) is 11.3 Å². The fourth-order valence-electron chi connectivity index (χ4n) is 13.1. The monoisotopic (exact) mass is 877 g/mol. The molecule has 0 amide bonds. The van der Waals surface area contributed by atoms with Gasteiger partial charge in [0.1, 0.15) is 0 Å². The van der Waals surface area contributed by atoms with Crippen LogP contribution in [0.4, 0.5) is 33.4 Å². The first-order valence-electron chi connectivity index (χ1n) is 25.0. The van der Waals surface area contributed by atoms with Gasteiger partial charge in [-0.2, -0.15) is 0 Å². The van der Waals surface area contributed by atoms with Crippen LogP contribution in [0.5, 0.6) is 0 Å². The number of fused-ring (bicyclic) bond motifs is 9. The SMILES string of the molecule is Cc1cc2c3c(c1)N(c1ccc(C(C)(C)C)cc1)c1sc4cc5c(cc4c1B3c1cc3c(cc1N2c1ccc2c(c1)C(C)(C)CCC2(C)C)C(C)(C)CCC3(C)C)C(C)(C)CCC5(C)C. The van der Waals surface area contributed by atoms with E-state index < -0.39 is 0 Å². The highest BCUT2D eigenvalue weighted by atomic mass is 32.1. The molecule has 65 heavy (non-hydrogen) atoms. The number of rotatable bonds is 2. The first kappa shape index (κ1) is 43.3. The summed E-state index contributed by atoms with van der Waals surface area (Å²) in [7, 11) is 0. The largest absolute Gasteiger partial charge is 0.311 e. The first-order valence-corrected chi connectivity index (χ1v) is 25.8. The van der Waals surface area contributed by atoms with E-state index in [1.807, 2.05) is 11.3 Å². The van der Waals surface area contributed by atoms with Crippen LogP contribution in [0.15, 0.2) is 78.9 Å². The second-order valence-corrected chi connectivity index (χ2v) is 27.4. The number of aryl methyl sites for hydroxylation is 1. The van der Waals surface area contributed by atoms with Crippen molar-refractivity contribution in [3.8, 4) is 0 Å². The van der Waals surface area contributed by atoms with Crippen molar-refractivity contribution in [2.45, 2.75) is 187 Å². The molecule has 0 unspecified atom stereocenters. The summed E-state index contributed by atoms with van der Waals surface area (Å²) < 4.78 is 1.42.